The fourth-order valence-corrected chi connectivity index (χ4v) is 5.19. The molecule has 0 aliphatic carbocycles. The van der Waals surface area contributed by atoms with Crippen LogP contribution in [-0.4, -0.2) is 62.6 Å². The Morgan fingerprint density at radius 3 is 2.27 bits per heavy atom. The number of carbonyl (C=O) groups is 2. The highest BCUT2D eigenvalue weighted by Crippen LogP contribution is 2.34. The van der Waals surface area contributed by atoms with Crippen molar-refractivity contribution in [3.63, 3.8) is 0 Å². The molecule has 0 saturated carbocycles. The molecule has 218 valence electrons. The first-order chi connectivity index (χ1) is 19.4. The predicted octanol–water partition coefficient (Wildman–Crippen LogP) is 3.80. The first-order valence-corrected chi connectivity index (χ1v) is 14.8. The summed E-state index contributed by atoms with van der Waals surface area (Å²) in [5.74, 6) is -1.11. The summed E-state index contributed by atoms with van der Waals surface area (Å²) >= 11 is 6.04. The van der Waals surface area contributed by atoms with E-state index < -0.39 is 39.3 Å². The fraction of sp³-hybridized carbons (Fsp3) is 0.286. The number of carbonyl (C=O) groups excluding carboxylic acids is 2. The van der Waals surface area contributed by atoms with E-state index in [9.17, 15) is 28.1 Å². The van der Waals surface area contributed by atoms with Crippen LogP contribution in [0.1, 0.15) is 18.1 Å². The quantitative estimate of drug-likeness (QED) is 0.232. The average molecular weight is 603 g/mol. The summed E-state index contributed by atoms with van der Waals surface area (Å²) in [5, 5.41) is 14.7. The number of hydrogen-bond acceptors (Lipinski definition) is 7. The number of halogens is 1. The number of hydrogen-bond donors (Lipinski definition) is 1. The van der Waals surface area contributed by atoms with Crippen molar-refractivity contribution in [3.8, 4) is 5.75 Å². The third-order valence-electron chi connectivity index (χ3n) is 6.21. The lowest BCUT2D eigenvalue weighted by Gasteiger charge is -2.33. The summed E-state index contributed by atoms with van der Waals surface area (Å²) < 4.78 is 32.0. The minimum atomic E-state index is -4.15. The molecule has 11 nitrogen and oxygen atoms in total. The molecular formula is C28H31ClN4O7S. The summed E-state index contributed by atoms with van der Waals surface area (Å²) in [6.45, 7) is 1.29. The van der Waals surface area contributed by atoms with Crippen LogP contribution in [0.3, 0.4) is 0 Å². The number of sulfonamides is 1. The maximum absolute atomic E-state index is 14.0. The van der Waals surface area contributed by atoms with Gasteiger partial charge in [0.15, 0.2) is 0 Å². The molecule has 0 spiro atoms. The van der Waals surface area contributed by atoms with Gasteiger partial charge in [0, 0.05) is 36.7 Å². The fourth-order valence-electron chi connectivity index (χ4n) is 4.21. The van der Waals surface area contributed by atoms with Crippen molar-refractivity contribution in [1.82, 2.24) is 10.2 Å². The largest absolute Gasteiger partial charge is 0.495 e. The third-order valence-corrected chi connectivity index (χ3v) is 7.59. The SMILES string of the molecule is CCNC(=O)[C@@H](Cc1ccccc1)N(Cc1ccc(Cl)cc1)C(=O)CN(c1cc([N+](=O)[O-])ccc1OC)S(C)(=O)=O. The van der Waals surface area contributed by atoms with Crippen LogP contribution in [0.25, 0.3) is 0 Å². The smallest absolute Gasteiger partial charge is 0.271 e. The molecule has 0 aliphatic rings. The van der Waals surface area contributed by atoms with Crippen LogP contribution in [0.2, 0.25) is 5.02 Å². The Morgan fingerprint density at radius 2 is 1.71 bits per heavy atom. The molecular weight excluding hydrogens is 572 g/mol. The summed E-state index contributed by atoms with van der Waals surface area (Å²) in [5.41, 5.74) is 0.882. The number of likely N-dealkylation sites (N-methyl/N-ethyl adjacent to an activating group) is 1. The number of nitro benzene ring substituents is 1. The van der Waals surface area contributed by atoms with Crippen LogP contribution in [0, 0.1) is 10.1 Å². The Bertz CT molecular complexity index is 1490. The predicted molar refractivity (Wildman–Crippen MR) is 156 cm³/mol. The van der Waals surface area contributed by atoms with Gasteiger partial charge < -0.3 is 15.0 Å². The number of benzene rings is 3. The molecule has 3 aromatic rings. The van der Waals surface area contributed by atoms with Gasteiger partial charge in [-0.2, -0.15) is 0 Å². The molecule has 0 fully saturated rings. The van der Waals surface area contributed by atoms with Crippen LogP contribution in [0.4, 0.5) is 11.4 Å². The van der Waals surface area contributed by atoms with Gasteiger partial charge in [0.25, 0.3) is 5.69 Å². The lowest BCUT2D eigenvalue weighted by Crippen LogP contribution is -2.53. The normalized spacial score (nSPS) is 11.8. The Labute approximate surface area is 243 Å². The Morgan fingerprint density at radius 1 is 1.05 bits per heavy atom. The van der Waals surface area contributed by atoms with E-state index in [0.717, 1.165) is 22.2 Å². The number of rotatable bonds is 13. The van der Waals surface area contributed by atoms with Crippen molar-refractivity contribution >= 4 is 44.8 Å². The monoisotopic (exact) mass is 602 g/mol. The number of amides is 2. The minimum absolute atomic E-state index is 0.0163. The minimum Gasteiger partial charge on any atom is -0.495 e. The van der Waals surface area contributed by atoms with Gasteiger partial charge in [-0.1, -0.05) is 54.1 Å². The molecule has 0 bridgehead atoms. The first kappa shape index (κ1) is 31.4. The maximum atomic E-state index is 14.0. The number of nitrogens with zero attached hydrogens (tertiary/aromatic N) is 3. The van der Waals surface area contributed by atoms with E-state index in [1.54, 1.807) is 31.2 Å². The van der Waals surface area contributed by atoms with Gasteiger partial charge in [-0.15, -0.1) is 0 Å². The zero-order valence-electron chi connectivity index (χ0n) is 22.8. The highest BCUT2D eigenvalue weighted by Gasteiger charge is 2.34. The van der Waals surface area contributed by atoms with E-state index in [4.69, 9.17) is 16.3 Å². The molecule has 0 radical (unpaired) electrons. The zero-order valence-corrected chi connectivity index (χ0v) is 24.4. The third kappa shape index (κ3) is 8.41. The molecule has 0 heterocycles. The second kappa shape index (κ2) is 14.0. The van der Waals surface area contributed by atoms with E-state index in [2.05, 4.69) is 5.32 Å². The Balaban J connectivity index is 2.10. The van der Waals surface area contributed by atoms with Gasteiger partial charge in [0.05, 0.1) is 18.3 Å². The van der Waals surface area contributed by atoms with Gasteiger partial charge in [0.2, 0.25) is 21.8 Å². The number of non-ortho nitro benzene ring substituents is 1. The molecule has 0 aliphatic heterocycles. The number of anilines is 1. The number of ether oxygens (including phenoxy) is 1. The zero-order chi connectivity index (χ0) is 30.2. The number of methoxy groups -OCH3 is 1. The summed E-state index contributed by atoms with van der Waals surface area (Å²) in [6.07, 6.45) is 1.04. The summed E-state index contributed by atoms with van der Waals surface area (Å²) in [7, 11) is -2.87. The molecule has 0 saturated heterocycles. The lowest BCUT2D eigenvalue weighted by atomic mass is 10.0. The second-order valence-electron chi connectivity index (χ2n) is 9.13. The topological polar surface area (TPSA) is 139 Å². The van der Waals surface area contributed by atoms with Gasteiger partial charge in [-0.05, 0) is 36.2 Å². The maximum Gasteiger partial charge on any atom is 0.271 e. The summed E-state index contributed by atoms with van der Waals surface area (Å²) in [6, 6.07) is 18.3. The van der Waals surface area contributed by atoms with Gasteiger partial charge >= 0.3 is 0 Å². The van der Waals surface area contributed by atoms with Crippen LogP contribution in [-0.2, 0) is 32.6 Å². The van der Waals surface area contributed by atoms with Crippen LogP contribution >= 0.6 is 11.6 Å². The van der Waals surface area contributed by atoms with Crippen molar-refractivity contribution < 1.29 is 27.7 Å². The molecule has 41 heavy (non-hydrogen) atoms. The molecule has 0 aromatic heterocycles. The highest BCUT2D eigenvalue weighted by atomic mass is 35.5. The molecule has 1 N–H and O–H groups in total. The van der Waals surface area contributed by atoms with Gasteiger partial charge in [-0.25, -0.2) is 8.42 Å². The van der Waals surface area contributed by atoms with E-state index in [1.165, 1.54) is 24.1 Å². The molecule has 3 aromatic carbocycles. The number of nitrogens with one attached hydrogen (secondary N) is 1. The van der Waals surface area contributed by atoms with E-state index in [1.807, 2.05) is 30.3 Å². The van der Waals surface area contributed by atoms with Crippen molar-refractivity contribution in [2.75, 3.05) is 30.8 Å². The highest BCUT2D eigenvalue weighted by molar-refractivity contribution is 7.92. The van der Waals surface area contributed by atoms with Crippen molar-refractivity contribution in [1.29, 1.82) is 0 Å². The lowest BCUT2D eigenvalue weighted by molar-refractivity contribution is -0.384. The Kier molecular flexibility index (Phi) is 10.7. The van der Waals surface area contributed by atoms with Crippen LogP contribution in [0.5, 0.6) is 5.75 Å². The average Bonchev–Trinajstić information content (AvgIpc) is 2.94. The van der Waals surface area contributed by atoms with E-state index >= 15 is 0 Å². The van der Waals surface area contributed by atoms with Crippen LogP contribution in [0.15, 0.2) is 72.8 Å². The molecule has 3 rings (SSSR count). The van der Waals surface area contributed by atoms with Crippen molar-refractivity contribution in [2.45, 2.75) is 25.9 Å². The molecule has 0 unspecified atom stereocenters. The van der Waals surface area contributed by atoms with E-state index in [0.29, 0.717) is 17.1 Å². The second-order valence-corrected chi connectivity index (χ2v) is 11.5. The van der Waals surface area contributed by atoms with Crippen molar-refractivity contribution in [3.05, 3.63) is 99.1 Å². The Hall–Kier alpha value is -4.16. The van der Waals surface area contributed by atoms with Gasteiger partial charge in [0.1, 0.15) is 24.0 Å². The molecule has 2 amide bonds. The summed E-state index contributed by atoms with van der Waals surface area (Å²) in [4.78, 5) is 39.5. The molecule has 13 heteroatoms. The first-order valence-electron chi connectivity index (χ1n) is 12.6. The van der Waals surface area contributed by atoms with Crippen LogP contribution < -0.4 is 14.4 Å². The number of nitro groups is 1. The standard InChI is InChI=1S/C28H31ClN4O7S/c1-4-30-28(35)25(16-20-8-6-5-7-9-20)31(18-21-10-12-22(29)13-11-21)27(34)19-32(41(3,38)39)24-17-23(33(36)37)14-15-26(24)40-2/h5-15,17,25H,4,16,18-19H2,1-3H3,(H,30,35)/t25-/m1/s1. The molecule has 1 atom stereocenters. The van der Waals surface area contributed by atoms with Gasteiger partial charge in [-0.3, -0.25) is 24.0 Å². The van der Waals surface area contributed by atoms with Crippen molar-refractivity contribution in [2.24, 2.45) is 0 Å². The van der Waals surface area contributed by atoms with E-state index in [-0.39, 0.29) is 30.1 Å².